The van der Waals surface area contributed by atoms with Crippen LogP contribution in [0, 0.1) is 0 Å². The highest BCUT2D eigenvalue weighted by Crippen LogP contribution is 2.35. The lowest BCUT2D eigenvalue weighted by Gasteiger charge is -2.30. The minimum Gasteiger partial charge on any atom is -0.497 e. The van der Waals surface area contributed by atoms with E-state index in [2.05, 4.69) is 5.32 Å². The topological polar surface area (TPSA) is 75.7 Å². The molecule has 2 aromatic rings. The molecule has 1 unspecified atom stereocenters. The molecule has 1 atom stereocenters. The number of carbonyl (C=O) groups excluding carboxylic acids is 1. The van der Waals surface area contributed by atoms with Crippen LogP contribution in [0.4, 0.5) is 24.5 Å². The van der Waals surface area contributed by atoms with Gasteiger partial charge in [0.1, 0.15) is 11.8 Å². The highest BCUT2D eigenvalue weighted by Gasteiger charge is 2.36. The molecule has 0 aliphatic heterocycles. The average Bonchev–Trinajstić information content (AvgIpc) is 2.64. The number of methoxy groups -OCH3 is 1. The fourth-order valence-corrected chi connectivity index (χ4v) is 4.06. The molecule has 0 aliphatic carbocycles. The Hall–Kier alpha value is -2.75. The molecule has 2 aromatic carbocycles. The number of anilines is 2. The number of halogens is 3. The van der Waals surface area contributed by atoms with Crippen molar-refractivity contribution in [3.05, 3.63) is 54.1 Å². The maximum absolute atomic E-state index is 13.2. The van der Waals surface area contributed by atoms with Crippen molar-refractivity contribution >= 4 is 27.3 Å². The van der Waals surface area contributed by atoms with Gasteiger partial charge < -0.3 is 10.1 Å². The number of nitrogens with zero attached hydrogens (tertiary/aromatic N) is 1. The Kier molecular flexibility index (Phi) is 6.78. The Morgan fingerprint density at radius 3 is 2.21 bits per heavy atom. The number of benzene rings is 2. The second-order valence-corrected chi connectivity index (χ2v) is 8.07. The van der Waals surface area contributed by atoms with Crippen molar-refractivity contribution in [2.24, 2.45) is 0 Å². The predicted molar refractivity (Wildman–Crippen MR) is 104 cm³/mol. The largest absolute Gasteiger partial charge is 0.497 e. The van der Waals surface area contributed by atoms with Gasteiger partial charge in [0.2, 0.25) is 15.9 Å². The molecule has 29 heavy (non-hydrogen) atoms. The number of rotatable bonds is 7. The summed E-state index contributed by atoms with van der Waals surface area (Å²) in [6.45, 7) is 1.57. The molecule has 0 saturated heterocycles. The third kappa shape index (κ3) is 5.41. The number of hydrogen-bond donors (Lipinski definition) is 1. The van der Waals surface area contributed by atoms with Gasteiger partial charge in [-0.05, 0) is 42.8 Å². The Morgan fingerprint density at radius 1 is 1.14 bits per heavy atom. The van der Waals surface area contributed by atoms with Crippen molar-refractivity contribution in [3.8, 4) is 5.75 Å². The molecule has 1 N–H and O–H groups in total. The maximum atomic E-state index is 13.2. The first-order chi connectivity index (χ1) is 13.5. The zero-order valence-corrected chi connectivity index (χ0v) is 16.8. The second-order valence-electron chi connectivity index (χ2n) is 6.21. The SMILES string of the molecule is CCC(C(=O)Nc1ccccc1C(F)(F)F)N(c1ccc(OC)cc1)S(C)(=O)=O. The summed E-state index contributed by atoms with van der Waals surface area (Å²) in [7, 11) is -2.47. The monoisotopic (exact) mass is 430 g/mol. The number of nitrogens with one attached hydrogen (secondary N) is 1. The van der Waals surface area contributed by atoms with Crippen LogP contribution in [0.15, 0.2) is 48.5 Å². The summed E-state index contributed by atoms with van der Waals surface area (Å²) < 4.78 is 70.3. The van der Waals surface area contributed by atoms with Gasteiger partial charge in [-0.25, -0.2) is 8.42 Å². The number of ether oxygens (including phenoxy) is 1. The van der Waals surface area contributed by atoms with E-state index in [1.165, 1.54) is 43.5 Å². The standard InChI is InChI=1S/C19H21F3N2O4S/c1-4-17(18(25)23-16-8-6-5-7-15(16)19(20,21)22)24(29(3,26)27)13-9-11-14(28-2)12-10-13/h5-12,17H,4H2,1-3H3,(H,23,25). The quantitative estimate of drug-likeness (QED) is 0.723. The lowest BCUT2D eigenvalue weighted by molar-refractivity contribution is -0.137. The van der Waals surface area contributed by atoms with Crippen molar-refractivity contribution in [2.75, 3.05) is 23.0 Å². The van der Waals surface area contributed by atoms with Gasteiger partial charge in [-0.3, -0.25) is 9.10 Å². The summed E-state index contributed by atoms with van der Waals surface area (Å²) in [5.74, 6) is -0.385. The maximum Gasteiger partial charge on any atom is 0.418 e. The Bertz CT molecular complexity index is 960. The van der Waals surface area contributed by atoms with E-state index in [0.29, 0.717) is 5.75 Å². The smallest absolute Gasteiger partial charge is 0.418 e. The summed E-state index contributed by atoms with van der Waals surface area (Å²) in [5.41, 5.74) is -1.26. The molecule has 158 valence electrons. The predicted octanol–water partition coefficient (Wildman–Crippen LogP) is 3.90. The molecule has 0 radical (unpaired) electrons. The van der Waals surface area contributed by atoms with Crippen LogP contribution in [-0.4, -0.2) is 33.7 Å². The molecular formula is C19H21F3N2O4S. The van der Waals surface area contributed by atoms with E-state index < -0.39 is 39.4 Å². The molecule has 1 amide bonds. The van der Waals surface area contributed by atoms with Crippen molar-refractivity contribution < 1.29 is 31.1 Å². The van der Waals surface area contributed by atoms with Crippen LogP contribution in [0.3, 0.4) is 0 Å². The number of carbonyl (C=O) groups is 1. The van der Waals surface area contributed by atoms with E-state index in [0.717, 1.165) is 22.7 Å². The van der Waals surface area contributed by atoms with Gasteiger partial charge in [0.05, 0.1) is 30.3 Å². The van der Waals surface area contributed by atoms with Crippen LogP contribution >= 0.6 is 0 Å². The Morgan fingerprint density at radius 2 is 1.72 bits per heavy atom. The van der Waals surface area contributed by atoms with Crippen LogP contribution in [-0.2, 0) is 21.0 Å². The Balaban J connectivity index is 2.42. The van der Waals surface area contributed by atoms with Gasteiger partial charge in [0.25, 0.3) is 0 Å². The van der Waals surface area contributed by atoms with Crippen molar-refractivity contribution in [1.29, 1.82) is 0 Å². The first kappa shape index (κ1) is 22.5. The minimum atomic E-state index is -4.67. The highest BCUT2D eigenvalue weighted by molar-refractivity contribution is 7.92. The molecule has 0 aliphatic rings. The highest BCUT2D eigenvalue weighted by atomic mass is 32.2. The van der Waals surface area contributed by atoms with Crippen molar-refractivity contribution in [3.63, 3.8) is 0 Å². The average molecular weight is 430 g/mol. The van der Waals surface area contributed by atoms with E-state index in [1.54, 1.807) is 6.92 Å². The summed E-state index contributed by atoms with van der Waals surface area (Å²) in [5, 5.41) is 2.22. The molecule has 0 spiro atoms. The molecule has 6 nitrogen and oxygen atoms in total. The molecule has 0 fully saturated rings. The fourth-order valence-electron chi connectivity index (χ4n) is 2.84. The van der Waals surface area contributed by atoms with Crippen LogP contribution in [0.5, 0.6) is 5.75 Å². The number of sulfonamides is 1. The van der Waals surface area contributed by atoms with Crippen LogP contribution in [0.1, 0.15) is 18.9 Å². The summed E-state index contributed by atoms with van der Waals surface area (Å²) in [6.07, 6.45) is -3.70. The van der Waals surface area contributed by atoms with Crippen molar-refractivity contribution in [2.45, 2.75) is 25.6 Å². The molecule has 0 aromatic heterocycles. The third-order valence-corrected chi connectivity index (χ3v) is 5.33. The van der Waals surface area contributed by atoms with Gasteiger partial charge in [0, 0.05) is 0 Å². The third-order valence-electron chi connectivity index (χ3n) is 4.15. The fraction of sp³-hybridized carbons (Fsp3) is 0.316. The molecule has 10 heteroatoms. The van der Waals surface area contributed by atoms with E-state index in [9.17, 15) is 26.4 Å². The normalized spacial score (nSPS) is 12.9. The number of amides is 1. The van der Waals surface area contributed by atoms with Crippen LogP contribution in [0.2, 0.25) is 0 Å². The summed E-state index contributed by atoms with van der Waals surface area (Å²) >= 11 is 0. The van der Waals surface area contributed by atoms with Gasteiger partial charge in [-0.2, -0.15) is 13.2 Å². The zero-order chi connectivity index (χ0) is 21.8. The van der Waals surface area contributed by atoms with Gasteiger partial charge in [0.15, 0.2) is 0 Å². The molecule has 0 heterocycles. The second kappa shape index (κ2) is 8.73. The first-order valence-electron chi connectivity index (χ1n) is 8.59. The van der Waals surface area contributed by atoms with Gasteiger partial charge >= 0.3 is 6.18 Å². The minimum absolute atomic E-state index is 0.0408. The van der Waals surface area contributed by atoms with Gasteiger partial charge in [-0.15, -0.1) is 0 Å². The van der Waals surface area contributed by atoms with E-state index in [1.807, 2.05) is 0 Å². The lowest BCUT2D eigenvalue weighted by Crippen LogP contribution is -2.47. The molecule has 0 bridgehead atoms. The summed E-state index contributed by atoms with van der Waals surface area (Å²) in [6, 6.07) is 9.23. The van der Waals surface area contributed by atoms with E-state index in [4.69, 9.17) is 4.74 Å². The number of para-hydroxylation sites is 1. The lowest BCUT2D eigenvalue weighted by atomic mass is 10.1. The van der Waals surface area contributed by atoms with E-state index in [-0.39, 0.29) is 12.1 Å². The van der Waals surface area contributed by atoms with E-state index >= 15 is 0 Å². The van der Waals surface area contributed by atoms with Crippen LogP contribution in [0.25, 0.3) is 0 Å². The number of hydrogen-bond acceptors (Lipinski definition) is 4. The van der Waals surface area contributed by atoms with Gasteiger partial charge in [-0.1, -0.05) is 19.1 Å². The summed E-state index contributed by atoms with van der Waals surface area (Å²) in [4.78, 5) is 12.8. The molecule has 0 saturated carbocycles. The Labute approximate surface area is 167 Å². The first-order valence-corrected chi connectivity index (χ1v) is 10.4. The zero-order valence-electron chi connectivity index (χ0n) is 16.0. The number of alkyl halides is 3. The molecular weight excluding hydrogens is 409 g/mol. The van der Waals surface area contributed by atoms with Crippen molar-refractivity contribution in [1.82, 2.24) is 0 Å². The molecule has 2 rings (SSSR count). The van der Waals surface area contributed by atoms with Crippen LogP contribution < -0.4 is 14.4 Å².